The third kappa shape index (κ3) is 5.64. The first-order chi connectivity index (χ1) is 21.0. The van der Waals surface area contributed by atoms with E-state index in [1.807, 2.05) is 20.8 Å². The van der Waals surface area contributed by atoms with Crippen LogP contribution in [0.3, 0.4) is 0 Å². The number of ether oxygens (including phenoxy) is 3. The number of carbonyl (C=O) groups excluding carboxylic acids is 2. The zero-order valence-corrected chi connectivity index (χ0v) is 26.2. The quantitative estimate of drug-likeness (QED) is 0.265. The molecule has 1 aromatic heterocycles. The van der Waals surface area contributed by atoms with Gasteiger partial charge in [0.1, 0.15) is 35.5 Å². The number of fused-ring (bicyclic) bond motifs is 3. The molecule has 1 aliphatic carbocycles. The molecule has 5 rings (SSSR count). The van der Waals surface area contributed by atoms with Crippen LogP contribution in [0.4, 0.5) is 4.39 Å². The number of carbonyl (C=O) groups is 2. The number of furan rings is 1. The van der Waals surface area contributed by atoms with E-state index in [2.05, 4.69) is 10.6 Å². The Labute approximate surface area is 256 Å². The molecular weight excluding hydrogens is 569 g/mol. The molecule has 2 amide bonds. The molecule has 2 aromatic carbocycles. The normalized spacial score (nSPS) is 22.5. The van der Waals surface area contributed by atoms with Crippen LogP contribution in [0.25, 0.3) is 11.0 Å². The van der Waals surface area contributed by atoms with Gasteiger partial charge in [-0.05, 0) is 69.9 Å². The Balaban J connectivity index is 1.46. The van der Waals surface area contributed by atoms with Gasteiger partial charge in [-0.2, -0.15) is 0 Å². The van der Waals surface area contributed by atoms with E-state index in [9.17, 15) is 19.1 Å². The van der Waals surface area contributed by atoms with Crippen molar-refractivity contribution in [1.29, 1.82) is 0 Å². The van der Waals surface area contributed by atoms with Crippen LogP contribution in [0, 0.1) is 5.82 Å². The van der Waals surface area contributed by atoms with Crippen LogP contribution in [0.2, 0.25) is 0 Å². The van der Waals surface area contributed by atoms with Crippen molar-refractivity contribution in [1.82, 2.24) is 15.5 Å². The van der Waals surface area contributed by atoms with Crippen molar-refractivity contribution in [3.05, 3.63) is 59.1 Å². The molecule has 1 fully saturated rings. The van der Waals surface area contributed by atoms with Crippen molar-refractivity contribution in [3.63, 3.8) is 0 Å². The summed E-state index contributed by atoms with van der Waals surface area (Å²) >= 11 is 0. The molecule has 0 spiro atoms. The largest absolute Gasteiger partial charge is 0.496 e. The van der Waals surface area contributed by atoms with Crippen molar-refractivity contribution in [2.75, 3.05) is 20.8 Å². The smallest absolute Gasteiger partial charge is 0.294 e. The van der Waals surface area contributed by atoms with E-state index in [0.29, 0.717) is 35.1 Å². The van der Waals surface area contributed by atoms with Crippen molar-refractivity contribution in [2.45, 2.75) is 89.4 Å². The lowest BCUT2D eigenvalue weighted by Crippen LogP contribution is -2.68. The number of amides is 2. The monoisotopic (exact) mass is 611 g/mol. The lowest BCUT2D eigenvalue weighted by atomic mass is 9.83. The SMILES string of the molecule is CCC(C)(CC)NC(=O)c1ccc2c3c(oc2c1)C(=O)N([C@H]1C[C@@H](OC)C1)C(C)(C(O)NCc1c(F)cccc1OC)CO3. The first-order valence-corrected chi connectivity index (χ1v) is 15.1. The molecule has 1 aliphatic heterocycles. The predicted octanol–water partition coefficient (Wildman–Crippen LogP) is 4.77. The zero-order valence-electron chi connectivity index (χ0n) is 26.2. The van der Waals surface area contributed by atoms with Gasteiger partial charge in [-0.15, -0.1) is 0 Å². The number of benzene rings is 2. The Bertz CT molecular complexity index is 1530. The average Bonchev–Trinajstić information content (AvgIpc) is 3.33. The fraction of sp³-hybridized carbons (Fsp3) is 0.515. The maximum Gasteiger partial charge on any atom is 0.294 e. The third-order valence-electron chi connectivity index (χ3n) is 9.48. The number of methoxy groups -OCH3 is 2. The first kappa shape index (κ1) is 31.7. The summed E-state index contributed by atoms with van der Waals surface area (Å²) in [5.74, 6) is -0.564. The lowest BCUT2D eigenvalue weighted by Gasteiger charge is -2.51. The van der Waals surface area contributed by atoms with Crippen LogP contribution < -0.4 is 20.1 Å². The molecule has 2 atom stereocenters. The molecule has 3 aromatic rings. The second kappa shape index (κ2) is 12.4. The summed E-state index contributed by atoms with van der Waals surface area (Å²) in [6, 6.07) is 9.26. The van der Waals surface area contributed by atoms with Crippen molar-refractivity contribution in [2.24, 2.45) is 0 Å². The number of nitrogens with zero attached hydrogens (tertiary/aromatic N) is 1. The lowest BCUT2D eigenvalue weighted by molar-refractivity contribution is -0.0997. The molecule has 0 bridgehead atoms. The minimum atomic E-state index is -1.31. The number of nitrogens with one attached hydrogen (secondary N) is 2. The van der Waals surface area contributed by atoms with Crippen molar-refractivity contribution >= 4 is 22.8 Å². The number of halogens is 1. The molecule has 2 unspecified atom stereocenters. The summed E-state index contributed by atoms with van der Waals surface area (Å²) in [6.07, 6.45) is 1.36. The summed E-state index contributed by atoms with van der Waals surface area (Å²) < 4.78 is 37.8. The van der Waals surface area contributed by atoms with E-state index in [-0.39, 0.29) is 53.8 Å². The highest BCUT2D eigenvalue weighted by molar-refractivity contribution is 6.04. The van der Waals surface area contributed by atoms with Gasteiger partial charge in [0.15, 0.2) is 5.75 Å². The van der Waals surface area contributed by atoms with Gasteiger partial charge in [-0.1, -0.05) is 19.9 Å². The van der Waals surface area contributed by atoms with E-state index < -0.39 is 23.5 Å². The maximum absolute atomic E-state index is 14.6. The Morgan fingerprint density at radius 1 is 1.23 bits per heavy atom. The van der Waals surface area contributed by atoms with Gasteiger partial charge < -0.3 is 34.0 Å². The number of aliphatic hydroxyl groups excluding tert-OH is 1. The highest BCUT2D eigenvalue weighted by atomic mass is 19.1. The highest BCUT2D eigenvalue weighted by Gasteiger charge is 2.53. The molecule has 11 heteroatoms. The van der Waals surface area contributed by atoms with E-state index in [4.69, 9.17) is 18.6 Å². The van der Waals surface area contributed by atoms with Crippen LogP contribution in [0.5, 0.6) is 11.5 Å². The van der Waals surface area contributed by atoms with Crippen LogP contribution in [-0.4, -0.2) is 72.1 Å². The minimum Gasteiger partial charge on any atom is -0.496 e. The van der Waals surface area contributed by atoms with E-state index >= 15 is 0 Å². The molecule has 44 heavy (non-hydrogen) atoms. The summed E-state index contributed by atoms with van der Waals surface area (Å²) in [7, 11) is 3.08. The Morgan fingerprint density at radius 3 is 2.61 bits per heavy atom. The van der Waals surface area contributed by atoms with Gasteiger partial charge in [-0.3, -0.25) is 14.9 Å². The Hall–Kier alpha value is -3.67. The first-order valence-electron chi connectivity index (χ1n) is 15.1. The number of hydrogen-bond acceptors (Lipinski definition) is 8. The van der Waals surface area contributed by atoms with Gasteiger partial charge in [0, 0.05) is 36.4 Å². The second-order valence-corrected chi connectivity index (χ2v) is 12.2. The van der Waals surface area contributed by atoms with Gasteiger partial charge in [0.05, 0.1) is 18.6 Å². The van der Waals surface area contributed by atoms with Crippen LogP contribution in [0.15, 0.2) is 40.8 Å². The zero-order chi connectivity index (χ0) is 31.8. The molecule has 10 nitrogen and oxygen atoms in total. The number of rotatable bonds is 11. The van der Waals surface area contributed by atoms with Crippen LogP contribution in [-0.2, 0) is 11.3 Å². The fourth-order valence-corrected chi connectivity index (χ4v) is 5.96. The summed E-state index contributed by atoms with van der Waals surface area (Å²) in [4.78, 5) is 29.0. The summed E-state index contributed by atoms with van der Waals surface area (Å²) in [5.41, 5.74) is -0.594. The van der Waals surface area contributed by atoms with E-state index in [1.54, 1.807) is 49.3 Å². The highest BCUT2D eigenvalue weighted by Crippen LogP contribution is 2.43. The van der Waals surface area contributed by atoms with Crippen LogP contribution >= 0.6 is 0 Å². The van der Waals surface area contributed by atoms with E-state index in [1.165, 1.54) is 13.2 Å². The average molecular weight is 612 g/mol. The maximum atomic E-state index is 14.6. The molecule has 0 radical (unpaired) electrons. The predicted molar refractivity (Wildman–Crippen MR) is 162 cm³/mol. The molecule has 3 N–H and O–H groups in total. The number of aliphatic hydroxyl groups is 1. The van der Waals surface area contributed by atoms with Gasteiger partial charge >= 0.3 is 0 Å². The molecule has 1 saturated carbocycles. The molecule has 2 aliphatic rings. The Morgan fingerprint density at radius 2 is 1.95 bits per heavy atom. The van der Waals surface area contributed by atoms with Crippen molar-refractivity contribution in [3.8, 4) is 11.5 Å². The molecule has 2 heterocycles. The third-order valence-corrected chi connectivity index (χ3v) is 9.48. The number of hydrogen-bond donors (Lipinski definition) is 3. The van der Waals surface area contributed by atoms with E-state index in [0.717, 1.165) is 12.8 Å². The van der Waals surface area contributed by atoms with Crippen LogP contribution in [0.1, 0.15) is 79.9 Å². The van der Waals surface area contributed by atoms with Gasteiger partial charge in [-0.25, -0.2) is 4.39 Å². The Kier molecular flexibility index (Phi) is 8.93. The summed E-state index contributed by atoms with van der Waals surface area (Å²) in [5, 5.41) is 18.2. The van der Waals surface area contributed by atoms with Crippen molar-refractivity contribution < 1.29 is 37.7 Å². The molecular formula is C33H42FN3O7. The van der Waals surface area contributed by atoms with Gasteiger partial charge in [0.2, 0.25) is 5.76 Å². The van der Waals surface area contributed by atoms with Gasteiger partial charge in [0.25, 0.3) is 11.8 Å². The fourth-order valence-electron chi connectivity index (χ4n) is 5.96. The standard InChI is InChI=1S/C33H42FN3O7/c1-7-32(3,8-2)36-29(38)19-12-13-22-26(14-19)44-28-27(22)43-18-33(4,37(30(28)39)20-15-21(16-20)41-5)31(40)35-17-23-24(34)10-9-11-25(23)42-6/h9-14,20-21,31,35,40H,7-8,15-18H2,1-6H3,(H,36,38)/t20-,21+,31?,33?. The molecule has 238 valence electrons. The summed E-state index contributed by atoms with van der Waals surface area (Å²) in [6.45, 7) is 7.66. The second-order valence-electron chi connectivity index (χ2n) is 12.2. The molecule has 0 saturated heterocycles. The topological polar surface area (TPSA) is 123 Å². The minimum absolute atomic E-state index is 0.00271.